The lowest BCUT2D eigenvalue weighted by atomic mass is 10.1. The summed E-state index contributed by atoms with van der Waals surface area (Å²) in [5.74, 6) is -0.898. The summed E-state index contributed by atoms with van der Waals surface area (Å²) in [7, 11) is 0. The predicted octanol–water partition coefficient (Wildman–Crippen LogP) is 4.40. The van der Waals surface area contributed by atoms with Gasteiger partial charge in [0, 0.05) is 23.7 Å². The zero-order valence-corrected chi connectivity index (χ0v) is 16.0. The molecule has 0 radical (unpaired) electrons. The van der Waals surface area contributed by atoms with Crippen LogP contribution in [0.25, 0.3) is 10.9 Å². The van der Waals surface area contributed by atoms with Gasteiger partial charge in [-0.2, -0.15) is 13.2 Å². The second-order valence-corrected chi connectivity index (χ2v) is 6.37. The Labute approximate surface area is 170 Å². The minimum Gasteiger partial charge on any atom is -0.466 e. The quantitative estimate of drug-likeness (QED) is 0.602. The number of hydrogen-bond acceptors (Lipinski definition) is 5. The summed E-state index contributed by atoms with van der Waals surface area (Å²) in [5, 5.41) is 3.19. The van der Waals surface area contributed by atoms with Crippen LogP contribution in [0.2, 0.25) is 0 Å². The van der Waals surface area contributed by atoms with E-state index in [0.717, 1.165) is 12.1 Å². The lowest BCUT2D eigenvalue weighted by Gasteiger charge is -2.10. The Bertz CT molecular complexity index is 1070. The first-order valence-corrected chi connectivity index (χ1v) is 9.17. The molecule has 1 N–H and O–H groups in total. The normalized spacial score (nSPS) is 11.3. The zero-order chi connectivity index (χ0) is 21.7. The van der Waals surface area contributed by atoms with Crippen molar-refractivity contribution in [1.82, 2.24) is 9.97 Å². The van der Waals surface area contributed by atoms with Crippen LogP contribution >= 0.6 is 0 Å². The molecule has 3 rings (SSSR count). The topological polar surface area (TPSA) is 81.2 Å². The molecule has 2 aromatic heterocycles. The molecule has 30 heavy (non-hydrogen) atoms. The Morgan fingerprint density at radius 3 is 2.57 bits per heavy atom. The van der Waals surface area contributed by atoms with E-state index in [1.807, 2.05) is 0 Å². The second-order valence-electron chi connectivity index (χ2n) is 6.37. The lowest BCUT2D eigenvalue weighted by Crippen LogP contribution is -2.15. The summed E-state index contributed by atoms with van der Waals surface area (Å²) in [5.41, 5.74) is 0.373. The van der Waals surface area contributed by atoms with Crippen LogP contribution in [0.15, 0.2) is 48.7 Å². The number of benzene rings is 1. The number of aromatic nitrogens is 2. The number of para-hydroxylation sites is 1. The molecular formula is C21H18F3N3O3. The van der Waals surface area contributed by atoms with Crippen molar-refractivity contribution in [2.24, 2.45) is 0 Å². The molecule has 0 bridgehead atoms. The molecule has 3 aromatic rings. The first-order valence-electron chi connectivity index (χ1n) is 9.17. The van der Waals surface area contributed by atoms with Gasteiger partial charge in [-0.25, -0.2) is 4.98 Å². The molecule has 0 saturated carbocycles. The number of esters is 1. The van der Waals surface area contributed by atoms with Crippen molar-refractivity contribution in [3.63, 3.8) is 0 Å². The number of alkyl halides is 3. The van der Waals surface area contributed by atoms with Crippen LogP contribution in [0.5, 0.6) is 0 Å². The van der Waals surface area contributed by atoms with Crippen LogP contribution in [0.3, 0.4) is 0 Å². The molecule has 0 aliphatic rings. The van der Waals surface area contributed by atoms with Crippen molar-refractivity contribution in [2.75, 3.05) is 11.9 Å². The van der Waals surface area contributed by atoms with Crippen LogP contribution in [0.1, 0.15) is 35.0 Å². The van der Waals surface area contributed by atoms with Gasteiger partial charge in [0.2, 0.25) is 0 Å². The fraction of sp³-hybridized carbons (Fsp3) is 0.238. The molecule has 0 unspecified atom stereocenters. The van der Waals surface area contributed by atoms with Gasteiger partial charge in [-0.1, -0.05) is 18.2 Å². The largest absolute Gasteiger partial charge is 0.466 e. The summed E-state index contributed by atoms with van der Waals surface area (Å²) in [6, 6.07) is 10.5. The maximum Gasteiger partial charge on any atom is 0.417 e. The van der Waals surface area contributed by atoms with Gasteiger partial charge in [-0.05, 0) is 31.2 Å². The van der Waals surface area contributed by atoms with Crippen molar-refractivity contribution in [3.8, 4) is 0 Å². The second kappa shape index (κ2) is 8.89. The first-order chi connectivity index (χ1) is 14.3. The van der Waals surface area contributed by atoms with Gasteiger partial charge in [-0.15, -0.1) is 0 Å². The Hall–Kier alpha value is -3.49. The summed E-state index contributed by atoms with van der Waals surface area (Å²) < 4.78 is 42.9. The van der Waals surface area contributed by atoms with Gasteiger partial charge >= 0.3 is 12.1 Å². The van der Waals surface area contributed by atoms with Crippen LogP contribution in [-0.4, -0.2) is 28.5 Å². The highest BCUT2D eigenvalue weighted by molar-refractivity contribution is 6.11. The molecule has 0 spiro atoms. The maximum atomic E-state index is 12.7. The standard InChI is InChI=1S/C21H18F3N3O3/c1-2-30-18(28)11-9-15-8-6-13-4-3-5-16(19(13)26-15)20(29)27-17-10-7-14(12-25-17)21(22,23)24/h3-8,10,12H,2,9,11H2,1H3,(H,25,27,29). The van der Waals surface area contributed by atoms with E-state index < -0.39 is 17.6 Å². The van der Waals surface area contributed by atoms with Crippen molar-refractivity contribution in [3.05, 3.63) is 65.5 Å². The van der Waals surface area contributed by atoms with E-state index in [1.165, 1.54) is 0 Å². The zero-order valence-electron chi connectivity index (χ0n) is 16.0. The third-order valence-electron chi connectivity index (χ3n) is 4.25. The Morgan fingerprint density at radius 1 is 1.10 bits per heavy atom. The van der Waals surface area contributed by atoms with Gasteiger partial charge in [0.25, 0.3) is 5.91 Å². The van der Waals surface area contributed by atoms with Gasteiger partial charge in [-0.3, -0.25) is 14.6 Å². The average Bonchev–Trinajstić information content (AvgIpc) is 2.71. The van der Waals surface area contributed by atoms with Crippen molar-refractivity contribution < 1.29 is 27.5 Å². The fourth-order valence-electron chi connectivity index (χ4n) is 2.79. The highest BCUT2D eigenvalue weighted by Crippen LogP contribution is 2.29. The number of halogens is 3. The molecule has 9 heteroatoms. The number of rotatable bonds is 6. The molecule has 0 fully saturated rings. The van der Waals surface area contributed by atoms with Crippen LogP contribution < -0.4 is 5.32 Å². The molecule has 0 saturated heterocycles. The minimum absolute atomic E-state index is 0.0107. The van der Waals surface area contributed by atoms with Gasteiger partial charge in [0.15, 0.2) is 0 Å². The Kier molecular flexibility index (Phi) is 6.29. The molecule has 1 amide bonds. The molecule has 0 aliphatic carbocycles. The smallest absolute Gasteiger partial charge is 0.417 e. The lowest BCUT2D eigenvalue weighted by molar-refractivity contribution is -0.143. The Balaban J connectivity index is 1.81. The third kappa shape index (κ3) is 5.11. The number of hydrogen-bond donors (Lipinski definition) is 1. The number of fused-ring (bicyclic) bond motifs is 1. The third-order valence-corrected chi connectivity index (χ3v) is 4.25. The van der Waals surface area contributed by atoms with E-state index >= 15 is 0 Å². The predicted molar refractivity (Wildman–Crippen MR) is 104 cm³/mol. The highest BCUT2D eigenvalue weighted by atomic mass is 19.4. The number of nitrogens with one attached hydrogen (secondary N) is 1. The van der Waals surface area contributed by atoms with E-state index in [4.69, 9.17) is 4.74 Å². The first kappa shape index (κ1) is 21.2. The van der Waals surface area contributed by atoms with Gasteiger partial charge in [0.1, 0.15) is 5.82 Å². The molecule has 0 aliphatic heterocycles. The van der Waals surface area contributed by atoms with Crippen molar-refractivity contribution in [1.29, 1.82) is 0 Å². The maximum absolute atomic E-state index is 12.7. The van der Waals surface area contributed by atoms with Crippen molar-refractivity contribution in [2.45, 2.75) is 25.9 Å². The van der Waals surface area contributed by atoms with E-state index in [1.54, 1.807) is 37.3 Å². The van der Waals surface area contributed by atoms with Crippen LogP contribution in [0.4, 0.5) is 19.0 Å². The number of carbonyl (C=O) groups excluding carboxylic acids is 2. The van der Waals surface area contributed by atoms with Crippen LogP contribution in [0, 0.1) is 0 Å². The van der Waals surface area contributed by atoms with Gasteiger partial charge in [0.05, 0.1) is 29.7 Å². The molecule has 6 nitrogen and oxygen atoms in total. The van der Waals surface area contributed by atoms with Crippen molar-refractivity contribution >= 4 is 28.6 Å². The fourth-order valence-corrected chi connectivity index (χ4v) is 2.79. The number of aryl methyl sites for hydroxylation is 1. The summed E-state index contributed by atoms with van der Waals surface area (Å²) in [6.45, 7) is 2.02. The number of anilines is 1. The monoisotopic (exact) mass is 417 g/mol. The van der Waals surface area contributed by atoms with Gasteiger partial charge < -0.3 is 10.1 Å². The number of pyridine rings is 2. The summed E-state index contributed by atoms with van der Waals surface area (Å²) in [6.07, 6.45) is -3.33. The number of ether oxygens (including phenoxy) is 1. The van der Waals surface area contributed by atoms with E-state index in [9.17, 15) is 22.8 Å². The molecular weight excluding hydrogens is 399 g/mol. The molecule has 2 heterocycles. The number of amides is 1. The Morgan fingerprint density at radius 2 is 1.90 bits per heavy atom. The van der Waals surface area contributed by atoms with E-state index in [0.29, 0.717) is 35.8 Å². The van der Waals surface area contributed by atoms with E-state index in [-0.39, 0.29) is 23.8 Å². The number of nitrogens with zero attached hydrogens (tertiary/aromatic N) is 2. The van der Waals surface area contributed by atoms with E-state index in [2.05, 4.69) is 15.3 Å². The summed E-state index contributed by atoms with van der Waals surface area (Å²) in [4.78, 5) is 32.4. The van der Waals surface area contributed by atoms with Crippen LogP contribution in [-0.2, 0) is 22.1 Å². The SMILES string of the molecule is CCOC(=O)CCc1ccc2cccc(C(=O)Nc3ccc(C(F)(F)F)cn3)c2n1. The average molecular weight is 417 g/mol. The highest BCUT2D eigenvalue weighted by Gasteiger charge is 2.30. The minimum atomic E-state index is -4.50. The molecule has 0 atom stereocenters. The molecule has 1 aromatic carbocycles. The number of carbonyl (C=O) groups is 2. The molecule has 156 valence electrons. The summed E-state index contributed by atoms with van der Waals surface area (Å²) >= 11 is 0.